The zero-order chi connectivity index (χ0) is 19.6. The van der Waals surface area contributed by atoms with Crippen molar-refractivity contribution >= 4 is 17.5 Å². The van der Waals surface area contributed by atoms with Crippen LogP contribution in [-0.2, 0) is 20.7 Å². The number of ether oxygens (including phenoxy) is 3. The van der Waals surface area contributed by atoms with E-state index in [2.05, 4.69) is 10.3 Å². The van der Waals surface area contributed by atoms with Crippen LogP contribution in [0.5, 0.6) is 5.88 Å². The third-order valence-corrected chi connectivity index (χ3v) is 4.16. The van der Waals surface area contributed by atoms with Crippen LogP contribution < -0.4 is 10.1 Å². The molecular formula is C20H25ClN2O4. The minimum atomic E-state index is -0.681. The first kappa shape index (κ1) is 20.8. The highest BCUT2D eigenvalue weighted by atomic mass is 35.5. The lowest BCUT2D eigenvalue weighted by atomic mass is 10.2. The van der Waals surface area contributed by atoms with Gasteiger partial charge in [-0.15, -0.1) is 0 Å². The van der Waals surface area contributed by atoms with E-state index in [4.69, 9.17) is 25.8 Å². The first-order chi connectivity index (χ1) is 13.0. The van der Waals surface area contributed by atoms with Crippen molar-refractivity contribution in [3.63, 3.8) is 0 Å². The van der Waals surface area contributed by atoms with E-state index in [9.17, 15) is 4.79 Å². The van der Waals surface area contributed by atoms with Gasteiger partial charge in [-0.25, -0.2) is 4.98 Å². The standard InChI is InChI=1S/C20H25ClN2O4/c1-4-15-10-17(21)20(23-11-15)27-18(5-2)19(24)22-12-16-7-6-8-25-13-26-14(3)9-16/h6-11,18H,4-5,12-13H2,1-3H3,(H,22,24)/b8-6+,14-9+,16-7+. The number of aromatic nitrogens is 1. The molecule has 2 heterocycles. The molecule has 146 valence electrons. The smallest absolute Gasteiger partial charge is 0.261 e. The second-order valence-electron chi connectivity index (χ2n) is 5.97. The predicted molar refractivity (Wildman–Crippen MR) is 104 cm³/mol. The number of pyridine rings is 1. The number of hydrogen-bond acceptors (Lipinski definition) is 5. The molecule has 1 aliphatic heterocycles. The summed E-state index contributed by atoms with van der Waals surface area (Å²) in [4.78, 5) is 16.7. The van der Waals surface area contributed by atoms with Gasteiger partial charge in [-0.3, -0.25) is 4.79 Å². The minimum Gasteiger partial charge on any atom is -0.465 e. The molecule has 2 rings (SSSR count). The fourth-order valence-electron chi connectivity index (χ4n) is 2.35. The lowest BCUT2D eigenvalue weighted by Crippen LogP contribution is -2.39. The Morgan fingerprint density at radius 1 is 1.44 bits per heavy atom. The summed E-state index contributed by atoms with van der Waals surface area (Å²) in [6.45, 7) is 6.21. The van der Waals surface area contributed by atoms with Crippen LogP contribution in [0.15, 0.2) is 48.1 Å². The summed E-state index contributed by atoms with van der Waals surface area (Å²) in [5.74, 6) is 0.735. The number of carbonyl (C=O) groups is 1. The molecule has 1 aromatic heterocycles. The molecule has 1 N–H and O–H groups in total. The van der Waals surface area contributed by atoms with E-state index in [0.717, 1.165) is 17.6 Å². The molecule has 0 aromatic carbocycles. The molecule has 1 aromatic rings. The topological polar surface area (TPSA) is 69.7 Å². The largest absolute Gasteiger partial charge is 0.465 e. The van der Waals surface area contributed by atoms with E-state index in [1.807, 2.05) is 32.9 Å². The molecule has 0 radical (unpaired) electrons. The maximum Gasteiger partial charge on any atom is 0.261 e. The van der Waals surface area contributed by atoms with Gasteiger partial charge < -0.3 is 19.5 Å². The fourth-order valence-corrected chi connectivity index (χ4v) is 2.58. The quantitative estimate of drug-likeness (QED) is 0.761. The SMILES string of the molecule is CCc1cnc(OC(CC)C(=O)NCC2=C/C=C/OCO\C(C)=C\2)c(Cl)c1. The molecule has 27 heavy (non-hydrogen) atoms. The molecule has 1 amide bonds. The van der Waals surface area contributed by atoms with E-state index < -0.39 is 6.10 Å². The number of nitrogens with zero attached hydrogens (tertiary/aromatic N) is 1. The number of allylic oxidation sites excluding steroid dienone is 3. The maximum absolute atomic E-state index is 12.5. The minimum absolute atomic E-state index is 0.155. The molecule has 7 heteroatoms. The molecule has 6 nitrogen and oxygen atoms in total. The highest BCUT2D eigenvalue weighted by molar-refractivity contribution is 6.31. The number of nitrogens with one attached hydrogen (secondary N) is 1. The molecule has 0 aliphatic carbocycles. The van der Waals surface area contributed by atoms with Gasteiger partial charge >= 0.3 is 0 Å². The van der Waals surface area contributed by atoms with Crippen LogP contribution in [0.1, 0.15) is 32.8 Å². The van der Waals surface area contributed by atoms with Gasteiger partial charge in [0.1, 0.15) is 5.02 Å². The lowest BCUT2D eigenvalue weighted by Gasteiger charge is -2.18. The van der Waals surface area contributed by atoms with Gasteiger partial charge in [-0.1, -0.05) is 31.5 Å². The molecular weight excluding hydrogens is 368 g/mol. The lowest BCUT2D eigenvalue weighted by molar-refractivity contribution is -0.128. The van der Waals surface area contributed by atoms with Crippen molar-refractivity contribution in [3.05, 3.63) is 58.7 Å². The van der Waals surface area contributed by atoms with E-state index in [0.29, 0.717) is 23.7 Å². The number of hydrogen-bond donors (Lipinski definition) is 1. The third kappa shape index (κ3) is 6.64. The zero-order valence-electron chi connectivity index (χ0n) is 15.8. The van der Waals surface area contributed by atoms with Crippen molar-refractivity contribution in [3.8, 4) is 5.88 Å². The fraction of sp³-hybridized carbons (Fsp3) is 0.400. The highest BCUT2D eigenvalue weighted by Crippen LogP contribution is 2.24. The van der Waals surface area contributed by atoms with Gasteiger partial charge in [-0.2, -0.15) is 0 Å². The van der Waals surface area contributed by atoms with Crippen LogP contribution in [0, 0.1) is 0 Å². The number of rotatable bonds is 7. The Morgan fingerprint density at radius 2 is 2.26 bits per heavy atom. The van der Waals surface area contributed by atoms with Gasteiger partial charge in [0.2, 0.25) is 12.7 Å². The van der Waals surface area contributed by atoms with Gasteiger partial charge in [0.05, 0.1) is 12.0 Å². The van der Waals surface area contributed by atoms with Gasteiger partial charge in [0, 0.05) is 12.7 Å². The molecule has 0 spiro atoms. The Hall–Kier alpha value is -2.47. The van der Waals surface area contributed by atoms with Crippen LogP contribution in [0.3, 0.4) is 0 Å². The van der Waals surface area contributed by atoms with Crippen LogP contribution in [0.25, 0.3) is 0 Å². The molecule has 0 bridgehead atoms. The number of halogens is 1. The van der Waals surface area contributed by atoms with Crippen molar-refractivity contribution in [1.82, 2.24) is 10.3 Å². The van der Waals surface area contributed by atoms with Crippen molar-refractivity contribution in [2.75, 3.05) is 13.3 Å². The average Bonchev–Trinajstić information content (AvgIpc) is 2.76. The Morgan fingerprint density at radius 3 is 2.96 bits per heavy atom. The van der Waals surface area contributed by atoms with Crippen molar-refractivity contribution in [2.45, 2.75) is 39.7 Å². The average molecular weight is 393 g/mol. The summed E-state index contributed by atoms with van der Waals surface area (Å²) in [6.07, 6.45) is 9.34. The molecule has 0 saturated heterocycles. The Labute approximate surface area is 164 Å². The second-order valence-corrected chi connectivity index (χ2v) is 6.38. The summed E-state index contributed by atoms with van der Waals surface area (Å²) in [6, 6.07) is 1.80. The normalized spacial score (nSPS) is 20.1. The predicted octanol–water partition coefficient (Wildman–Crippen LogP) is 3.92. The number of carbonyl (C=O) groups excluding carboxylic acids is 1. The van der Waals surface area contributed by atoms with Gasteiger partial charge in [0.15, 0.2) is 6.10 Å². The van der Waals surface area contributed by atoms with E-state index in [1.54, 1.807) is 24.6 Å². The first-order valence-electron chi connectivity index (χ1n) is 8.90. The first-order valence-corrected chi connectivity index (χ1v) is 9.28. The second kappa shape index (κ2) is 10.6. The van der Waals surface area contributed by atoms with Crippen LogP contribution in [-0.4, -0.2) is 30.3 Å². The van der Waals surface area contributed by atoms with E-state index in [1.165, 1.54) is 0 Å². The van der Waals surface area contributed by atoms with E-state index >= 15 is 0 Å². The molecule has 0 fully saturated rings. The Kier molecular flexibility index (Phi) is 8.20. The Bertz CT molecular complexity index is 743. The van der Waals surface area contributed by atoms with Crippen molar-refractivity contribution < 1.29 is 19.0 Å². The Balaban J connectivity index is 2.00. The molecule has 1 aliphatic rings. The summed E-state index contributed by atoms with van der Waals surface area (Å²) >= 11 is 6.21. The van der Waals surface area contributed by atoms with Crippen molar-refractivity contribution in [1.29, 1.82) is 0 Å². The number of amides is 1. The third-order valence-electron chi connectivity index (χ3n) is 3.88. The molecule has 1 unspecified atom stereocenters. The summed E-state index contributed by atoms with van der Waals surface area (Å²) in [5.41, 5.74) is 1.89. The summed E-state index contributed by atoms with van der Waals surface area (Å²) in [5, 5.41) is 3.28. The van der Waals surface area contributed by atoms with Gasteiger partial charge in [-0.05, 0) is 49.1 Å². The number of aryl methyl sites for hydroxylation is 1. The van der Waals surface area contributed by atoms with Crippen LogP contribution >= 0.6 is 11.6 Å². The zero-order valence-corrected chi connectivity index (χ0v) is 16.6. The summed E-state index contributed by atoms with van der Waals surface area (Å²) in [7, 11) is 0. The van der Waals surface area contributed by atoms with Crippen LogP contribution in [0.2, 0.25) is 5.02 Å². The monoisotopic (exact) mass is 392 g/mol. The molecule has 1 atom stereocenters. The van der Waals surface area contributed by atoms with Gasteiger partial charge in [0.25, 0.3) is 5.91 Å². The van der Waals surface area contributed by atoms with Crippen LogP contribution in [0.4, 0.5) is 0 Å². The van der Waals surface area contributed by atoms with E-state index in [-0.39, 0.29) is 18.6 Å². The molecule has 0 saturated carbocycles. The maximum atomic E-state index is 12.5. The highest BCUT2D eigenvalue weighted by Gasteiger charge is 2.20. The summed E-state index contributed by atoms with van der Waals surface area (Å²) < 4.78 is 16.2. The van der Waals surface area contributed by atoms with Crippen molar-refractivity contribution in [2.24, 2.45) is 0 Å².